The topological polar surface area (TPSA) is 46.5 Å². The van der Waals surface area contributed by atoms with Gasteiger partial charge in [0.1, 0.15) is 0 Å². The van der Waals surface area contributed by atoms with E-state index in [9.17, 15) is 5.26 Å². The molecule has 0 aliphatic rings. The number of hydrogen-bond acceptors (Lipinski definition) is 2. The van der Waals surface area contributed by atoms with Crippen molar-refractivity contribution in [2.75, 3.05) is 0 Å². The highest BCUT2D eigenvalue weighted by Crippen LogP contribution is 2.42. The molecule has 7 aromatic carbocycles. The summed E-state index contributed by atoms with van der Waals surface area (Å²) >= 11 is 0. The summed E-state index contributed by atoms with van der Waals surface area (Å²) in [6.07, 6.45) is 3.83. The summed E-state index contributed by atoms with van der Waals surface area (Å²) in [5.41, 5.74) is 16.1. The van der Waals surface area contributed by atoms with E-state index in [0.29, 0.717) is 5.56 Å². The van der Waals surface area contributed by atoms with E-state index in [4.69, 9.17) is 4.98 Å². The van der Waals surface area contributed by atoms with Crippen LogP contribution in [0.5, 0.6) is 0 Å². The van der Waals surface area contributed by atoms with Crippen molar-refractivity contribution in [3.63, 3.8) is 0 Å². The van der Waals surface area contributed by atoms with E-state index in [-0.39, 0.29) is 0 Å². The molecule has 4 nitrogen and oxygen atoms in total. The number of fused-ring (bicyclic) bond motifs is 6. The smallest absolute Gasteiger partial charge is 0.0992 e. The highest BCUT2D eigenvalue weighted by molar-refractivity contribution is 6.12. The molecule has 0 radical (unpaired) electrons. The number of benzene rings is 7. The molecule has 0 aliphatic carbocycles. The summed E-state index contributed by atoms with van der Waals surface area (Å²) in [5, 5.41) is 14.9. The number of nitriles is 1. The van der Waals surface area contributed by atoms with Crippen molar-refractivity contribution in [3.8, 4) is 50.8 Å². The van der Waals surface area contributed by atoms with Crippen molar-refractivity contribution in [2.45, 2.75) is 13.8 Å². The summed E-state index contributed by atoms with van der Waals surface area (Å²) in [6, 6.07) is 58.6. The SMILES string of the molecule is Cc1ccc(-c2ccc3c(c2)c2ccccc2n3-c2ccncc2-c2ccc(C#N)cc2-n2c3ccccc3c3cc(-c4ccc(C)cc4)ccc32)cc1. The molecule has 0 N–H and O–H groups in total. The van der Waals surface area contributed by atoms with Crippen LogP contribution in [0.4, 0.5) is 0 Å². The van der Waals surface area contributed by atoms with E-state index < -0.39 is 0 Å². The minimum atomic E-state index is 0.599. The Bertz CT molecular complexity index is 3120. The fourth-order valence-corrected chi connectivity index (χ4v) is 8.12. The molecule has 54 heavy (non-hydrogen) atoms. The van der Waals surface area contributed by atoms with Gasteiger partial charge in [0, 0.05) is 45.1 Å². The Hall–Kier alpha value is -7.22. The quantitative estimate of drug-likeness (QED) is 0.180. The molecule has 3 aromatic heterocycles. The van der Waals surface area contributed by atoms with Gasteiger partial charge in [-0.05, 0) is 90.7 Å². The third-order valence-corrected chi connectivity index (χ3v) is 10.8. The van der Waals surface area contributed by atoms with Gasteiger partial charge < -0.3 is 9.13 Å². The Balaban J connectivity index is 1.22. The highest BCUT2D eigenvalue weighted by atomic mass is 15.0. The van der Waals surface area contributed by atoms with Crippen LogP contribution >= 0.6 is 0 Å². The van der Waals surface area contributed by atoms with Crippen molar-refractivity contribution >= 4 is 43.6 Å². The minimum absolute atomic E-state index is 0.599. The first-order chi connectivity index (χ1) is 26.6. The van der Waals surface area contributed by atoms with E-state index in [1.54, 1.807) is 0 Å². The Kier molecular flexibility index (Phi) is 7.28. The molecule has 0 atom stereocenters. The second-order valence-electron chi connectivity index (χ2n) is 14.1. The maximum atomic E-state index is 10.2. The fourth-order valence-electron chi connectivity index (χ4n) is 8.12. The zero-order valence-electron chi connectivity index (χ0n) is 30.0. The average Bonchev–Trinajstić information content (AvgIpc) is 3.73. The predicted molar refractivity (Wildman–Crippen MR) is 223 cm³/mol. The second-order valence-corrected chi connectivity index (χ2v) is 14.1. The van der Waals surface area contributed by atoms with Gasteiger partial charge in [-0.2, -0.15) is 5.26 Å². The fraction of sp³-hybridized carbons (Fsp3) is 0.0400. The molecule has 0 saturated carbocycles. The molecular weight excluding hydrogens is 657 g/mol. The number of rotatable bonds is 5. The molecule has 0 saturated heterocycles. The van der Waals surface area contributed by atoms with Crippen LogP contribution in [-0.2, 0) is 0 Å². The summed E-state index contributed by atoms with van der Waals surface area (Å²) in [6.45, 7) is 4.24. The Labute approximate surface area is 313 Å². The second kappa shape index (κ2) is 12.5. The molecule has 0 bridgehead atoms. The van der Waals surface area contributed by atoms with Crippen molar-refractivity contribution in [1.29, 1.82) is 5.26 Å². The summed E-state index contributed by atoms with van der Waals surface area (Å²) in [5.74, 6) is 0. The number of nitrogens with zero attached hydrogens (tertiary/aromatic N) is 4. The maximum Gasteiger partial charge on any atom is 0.0992 e. The molecule has 0 spiro atoms. The van der Waals surface area contributed by atoms with Crippen LogP contribution < -0.4 is 0 Å². The van der Waals surface area contributed by atoms with Gasteiger partial charge in [0.25, 0.3) is 0 Å². The lowest BCUT2D eigenvalue weighted by atomic mass is 10.00. The van der Waals surface area contributed by atoms with E-state index in [1.807, 2.05) is 24.5 Å². The third kappa shape index (κ3) is 5.02. The van der Waals surface area contributed by atoms with Gasteiger partial charge in [0.15, 0.2) is 0 Å². The van der Waals surface area contributed by atoms with Gasteiger partial charge in [-0.15, -0.1) is 0 Å². The first kappa shape index (κ1) is 31.5. The van der Waals surface area contributed by atoms with Crippen LogP contribution in [0.15, 0.2) is 170 Å². The van der Waals surface area contributed by atoms with Crippen molar-refractivity contribution < 1.29 is 0 Å². The Morgan fingerprint density at radius 1 is 0.444 bits per heavy atom. The van der Waals surface area contributed by atoms with Gasteiger partial charge in [0.2, 0.25) is 0 Å². The van der Waals surface area contributed by atoms with Crippen LogP contribution in [0.3, 0.4) is 0 Å². The standard InChI is InChI=1S/C50H34N4/c1-32-11-16-35(17-12-32)37-20-23-47-42(28-37)39-7-3-5-9-45(39)53(47)49-25-26-52-31-44(49)41-22-15-34(30-51)27-50(41)54-46-10-6-4-8-40(46)43-29-38(21-24-48(43)54)36-18-13-33(2)14-19-36/h3-29,31H,1-2H3. The monoisotopic (exact) mass is 690 g/mol. The number of pyridine rings is 1. The van der Waals surface area contributed by atoms with Crippen LogP contribution in [0.25, 0.3) is 88.4 Å². The Morgan fingerprint density at radius 3 is 1.50 bits per heavy atom. The lowest BCUT2D eigenvalue weighted by Gasteiger charge is -2.18. The van der Waals surface area contributed by atoms with Crippen molar-refractivity contribution in [3.05, 3.63) is 187 Å². The number of aromatic nitrogens is 3. The zero-order chi connectivity index (χ0) is 36.3. The van der Waals surface area contributed by atoms with E-state index in [0.717, 1.165) is 55.3 Å². The van der Waals surface area contributed by atoms with Crippen LogP contribution in [0.2, 0.25) is 0 Å². The molecule has 0 amide bonds. The van der Waals surface area contributed by atoms with E-state index in [2.05, 4.69) is 175 Å². The van der Waals surface area contributed by atoms with Gasteiger partial charge >= 0.3 is 0 Å². The van der Waals surface area contributed by atoms with E-state index in [1.165, 1.54) is 44.2 Å². The summed E-state index contributed by atoms with van der Waals surface area (Å²) in [4.78, 5) is 4.71. The largest absolute Gasteiger partial charge is 0.309 e. The Morgan fingerprint density at radius 2 is 0.944 bits per heavy atom. The molecule has 0 fully saturated rings. The average molecular weight is 691 g/mol. The summed E-state index contributed by atoms with van der Waals surface area (Å²) < 4.78 is 4.68. The van der Waals surface area contributed by atoms with Crippen LogP contribution in [0.1, 0.15) is 16.7 Å². The molecule has 0 unspecified atom stereocenters. The predicted octanol–water partition coefficient (Wildman–Crippen LogP) is 12.8. The first-order valence-electron chi connectivity index (χ1n) is 18.3. The van der Waals surface area contributed by atoms with E-state index >= 15 is 0 Å². The van der Waals surface area contributed by atoms with Gasteiger partial charge in [-0.1, -0.05) is 114 Å². The van der Waals surface area contributed by atoms with Crippen LogP contribution in [-0.4, -0.2) is 14.1 Å². The molecule has 4 heteroatoms. The normalized spacial score (nSPS) is 11.5. The van der Waals surface area contributed by atoms with Crippen molar-refractivity contribution in [1.82, 2.24) is 14.1 Å². The lowest BCUT2D eigenvalue weighted by Crippen LogP contribution is -2.02. The minimum Gasteiger partial charge on any atom is -0.309 e. The molecule has 10 rings (SSSR count). The zero-order valence-corrected chi connectivity index (χ0v) is 30.0. The van der Waals surface area contributed by atoms with Gasteiger partial charge in [-0.25, -0.2) is 0 Å². The number of hydrogen-bond donors (Lipinski definition) is 0. The van der Waals surface area contributed by atoms with Gasteiger partial charge in [-0.3, -0.25) is 4.98 Å². The van der Waals surface area contributed by atoms with Crippen LogP contribution in [0, 0.1) is 25.2 Å². The number of aryl methyl sites for hydroxylation is 2. The third-order valence-electron chi connectivity index (χ3n) is 10.8. The van der Waals surface area contributed by atoms with Crippen molar-refractivity contribution in [2.24, 2.45) is 0 Å². The summed E-state index contributed by atoms with van der Waals surface area (Å²) in [7, 11) is 0. The molecule has 254 valence electrons. The first-order valence-corrected chi connectivity index (χ1v) is 18.3. The molecule has 0 aliphatic heterocycles. The molecule has 3 heterocycles. The highest BCUT2D eigenvalue weighted by Gasteiger charge is 2.21. The lowest BCUT2D eigenvalue weighted by molar-refractivity contribution is 1.14. The molecule has 10 aromatic rings. The number of para-hydroxylation sites is 2. The maximum absolute atomic E-state index is 10.2. The van der Waals surface area contributed by atoms with Gasteiger partial charge in [0.05, 0.1) is 45.1 Å². The molecular formula is C50H34N4.